The summed E-state index contributed by atoms with van der Waals surface area (Å²) in [5.41, 5.74) is 3.47. The van der Waals surface area contributed by atoms with Crippen molar-refractivity contribution in [2.45, 2.75) is 12.5 Å². The Morgan fingerprint density at radius 3 is 2.47 bits per heavy atom. The van der Waals surface area contributed by atoms with Gasteiger partial charge >= 0.3 is 0 Å². The van der Waals surface area contributed by atoms with Gasteiger partial charge in [-0.1, -0.05) is 54.6 Å². The molecule has 2 heteroatoms. The van der Waals surface area contributed by atoms with E-state index in [-0.39, 0.29) is 11.9 Å². The van der Waals surface area contributed by atoms with E-state index in [2.05, 4.69) is 11.4 Å². The molecule has 1 atom stereocenters. The van der Waals surface area contributed by atoms with Crippen LogP contribution in [-0.4, -0.2) is 5.91 Å². The van der Waals surface area contributed by atoms with Crippen molar-refractivity contribution in [3.63, 3.8) is 0 Å². The second-order valence-electron chi connectivity index (χ2n) is 4.29. The molecule has 0 fully saturated rings. The molecule has 2 nitrogen and oxygen atoms in total. The van der Waals surface area contributed by atoms with E-state index < -0.39 is 0 Å². The molecule has 2 aromatic rings. The lowest BCUT2D eigenvalue weighted by atomic mass is 9.90. The van der Waals surface area contributed by atoms with Crippen molar-refractivity contribution < 1.29 is 4.79 Å². The average Bonchev–Trinajstić information content (AvgIpc) is 2.39. The summed E-state index contributed by atoms with van der Waals surface area (Å²) in [5.74, 6) is 0.0950. The SMILES string of the molecule is O=C1Cc2ccccc2[C@@H](c2ccccc2)N1. The van der Waals surface area contributed by atoms with Crippen molar-refractivity contribution in [1.29, 1.82) is 0 Å². The highest BCUT2D eigenvalue weighted by Crippen LogP contribution is 2.28. The summed E-state index contributed by atoms with van der Waals surface area (Å²) < 4.78 is 0. The molecule has 1 N–H and O–H groups in total. The van der Waals surface area contributed by atoms with Gasteiger partial charge in [-0.25, -0.2) is 0 Å². The molecule has 0 aromatic heterocycles. The quantitative estimate of drug-likeness (QED) is 0.790. The normalized spacial score (nSPS) is 18.4. The summed E-state index contributed by atoms with van der Waals surface area (Å²) in [4.78, 5) is 11.7. The lowest BCUT2D eigenvalue weighted by Crippen LogP contribution is -2.35. The van der Waals surface area contributed by atoms with E-state index in [1.165, 1.54) is 5.56 Å². The van der Waals surface area contributed by atoms with Crippen LogP contribution >= 0.6 is 0 Å². The van der Waals surface area contributed by atoms with Crippen LogP contribution in [0.5, 0.6) is 0 Å². The molecule has 84 valence electrons. The third-order valence-electron chi connectivity index (χ3n) is 3.16. The zero-order chi connectivity index (χ0) is 11.7. The lowest BCUT2D eigenvalue weighted by Gasteiger charge is -2.26. The molecule has 2 aromatic carbocycles. The fourth-order valence-electron chi connectivity index (χ4n) is 2.35. The maximum Gasteiger partial charge on any atom is 0.225 e. The number of hydrogen-bond acceptors (Lipinski definition) is 1. The largest absolute Gasteiger partial charge is 0.345 e. The van der Waals surface area contributed by atoms with Crippen molar-refractivity contribution in [1.82, 2.24) is 5.32 Å². The van der Waals surface area contributed by atoms with Gasteiger partial charge in [-0.3, -0.25) is 4.79 Å². The van der Waals surface area contributed by atoms with Crippen LogP contribution < -0.4 is 5.32 Å². The second-order valence-corrected chi connectivity index (χ2v) is 4.29. The first-order chi connectivity index (χ1) is 8.34. The molecule has 17 heavy (non-hydrogen) atoms. The average molecular weight is 223 g/mol. The molecule has 0 unspecified atom stereocenters. The molecule has 1 amide bonds. The first-order valence-corrected chi connectivity index (χ1v) is 5.77. The molecule has 0 saturated heterocycles. The van der Waals surface area contributed by atoms with E-state index in [9.17, 15) is 4.79 Å². The van der Waals surface area contributed by atoms with E-state index in [0.717, 1.165) is 11.1 Å². The van der Waals surface area contributed by atoms with Gasteiger partial charge in [0.15, 0.2) is 0 Å². The highest BCUT2D eigenvalue weighted by atomic mass is 16.1. The Morgan fingerprint density at radius 1 is 0.941 bits per heavy atom. The zero-order valence-corrected chi connectivity index (χ0v) is 9.39. The van der Waals surface area contributed by atoms with Crippen molar-refractivity contribution in [3.8, 4) is 0 Å². The summed E-state index contributed by atoms with van der Waals surface area (Å²) in [6.45, 7) is 0. The molecular weight excluding hydrogens is 210 g/mol. The fraction of sp³-hybridized carbons (Fsp3) is 0.133. The van der Waals surface area contributed by atoms with E-state index in [1.54, 1.807) is 0 Å². The number of carbonyl (C=O) groups excluding carboxylic acids is 1. The summed E-state index contributed by atoms with van der Waals surface area (Å²) in [5, 5.41) is 3.05. The van der Waals surface area contributed by atoms with Crippen LogP contribution in [0.2, 0.25) is 0 Å². The Bertz CT molecular complexity index is 548. The zero-order valence-electron chi connectivity index (χ0n) is 9.39. The van der Waals surface area contributed by atoms with Gasteiger partial charge in [0, 0.05) is 0 Å². The van der Waals surface area contributed by atoms with Gasteiger partial charge in [-0.15, -0.1) is 0 Å². The van der Waals surface area contributed by atoms with Crippen LogP contribution in [0.4, 0.5) is 0 Å². The van der Waals surface area contributed by atoms with Crippen LogP contribution in [0.15, 0.2) is 54.6 Å². The highest BCUT2D eigenvalue weighted by molar-refractivity contribution is 5.82. The van der Waals surface area contributed by atoms with Gasteiger partial charge in [0.05, 0.1) is 12.5 Å². The monoisotopic (exact) mass is 223 g/mol. The first-order valence-electron chi connectivity index (χ1n) is 5.77. The Morgan fingerprint density at radius 2 is 1.65 bits per heavy atom. The van der Waals surface area contributed by atoms with Gasteiger partial charge in [-0.2, -0.15) is 0 Å². The van der Waals surface area contributed by atoms with Gasteiger partial charge < -0.3 is 5.32 Å². The molecule has 0 aliphatic carbocycles. The van der Waals surface area contributed by atoms with Gasteiger partial charge in [0.1, 0.15) is 0 Å². The minimum absolute atomic E-state index is 0.00588. The molecule has 0 saturated carbocycles. The van der Waals surface area contributed by atoms with Crippen molar-refractivity contribution >= 4 is 5.91 Å². The maximum absolute atomic E-state index is 11.7. The Hall–Kier alpha value is -2.09. The third kappa shape index (κ3) is 1.82. The number of rotatable bonds is 1. The van der Waals surface area contributed by atoms with Crippen molar-refractivity contribution in [3.05, 3.63) is 71.3 Å². The van der Waals surface area contributed by atoms with Crippen LogP contribution in [-0.2, 0) is 11.2 Å². The summed E-state index contributed by atoms with van der Waals surface area (Å²) in [7, 11) is 0. The molecule has 0 spiro atoms. The molecular formula is C15H13NO. The molecule has 0 bridgehead atoms. The third-order valence-corrected chi connectivity index (χ3v) is 3.16. The van der Waals surface area contributed by atoms with Crippen LogP contribution in [0.3, 0.4) is 0 Å². The Kier molecular flexibility index (Phi) is 2.41. The van der Waals surface area contributed by atoms with Gasteiger partial charge in [0.25, 0.3) is 0 Å². The molecule has 1 heterocycles. The summed E-state index contributed by atoms with van der Waals surface area (Å²) in [6.07, 6.45) is 0.486. The topological polar surface area (TPSA) is 29.1 Å². The molecule has 0 radical (unpaired) electrons. The smallest absolute Gasteiger partial charge is 0.225 e. The van der Waals surface area contributed by atoms with Gasteiger partial charge in [0.2, 0.25) is 5.91 Å². The number of nitrogens with one attached hydrogen (secondary N) is 1. The standard InChI is InChI=1S/C15H13NO/c17-14-10-12-8-4-5-9-13(12)15(16-14)11-6-2-1-3-7-11/h1-9,15H,10H2,(H,16,17)/t15-/m1/s1. The number of amides is 1. The van der Waals surface area contributed by atoms with E-state index >= 15 is 0 Å². The Balaban J connectivity index is 2.10. The van der Waals surface area contributed by atoms with E-state index in [0.29, 0.717) is 6.42 Å². The number of benzene rings is 2. The highest BCUT2D eigenvalue weighted by Gasteiger charge is 2.24. The molecule has 1 aliphatic heterocycles. The Labute approximate surface area is 100 Å². The summed E-state index contributed by atoms with van der Waals surface area (Å²) in [6, 6.07) is 18.2. The van der Waals surface area contributed by atoms with Crippen LogP contribution in [0, 0.1) is 0 Å². The minimum atomic E-state index is -0.00588. The fourth-order valence-corrected chi connectivity index (χ4v) is 2.35. The second kappa shape index (κ2) is 4.06. The number of fused-ring (bicyclic) bond motifs is 1. The minimum Gasteiger partial charge on any atom is -0.345 e. The van der Waals surface area contributed by atoms with Crippen LogP contribution in [0.25, 0.3) is 0 Å². The van der Waals surface area contributed by atoms with Crippen molar-refractivity contribution in [2.24, 2.45) is 0 Å². The summed E-state index contributed by atoms with van der Waals surface area (Å²) >= 11 is 0. The van der Waals surface area contributed by atoms with Crippen molar-refractivity contribution in [2.75, 3.05) is 0 Å². The van der Waals surface area contributed by atoms with Gasteiger partial charge in [-0.05, 0) is 16.7 Å². The maximum atomic E-state index is 11.7. The van der Waals surface area contributed by atoms with Crippen LogP contribution in [0.1, 0.15) is 22.7 Å². The van der Waals surface area contributed by atoms with E-state index in [1.807, 2.05) is 48.5 Å². The first kappa shape index (κ1) is 10.1. The molecule has 3 rings (SSSR count). The molecule has 1 aliphatic rings. The van der Waals surface area contributed by atoms with E-state index in [4.69, 9.17) is 0 Å². The number of hydrogen-bond donors (Lipinski definition) is 1. The predicted molar refractivity (Wildman–Crippen MR) is 66.6 cm³/mol. The lowest BCUT2D eigenvalue weighted by molar-refractivity contribution is -0.121. The number of carbonyl (C=O) groups is 1. The predicted octanol–water partition coefficient (Wildman–Crippen LogP) is 2.45.